The molecule has 90 valence electrons. The third-order valence-electron chi connectivity index (χ3n) is 2.12. The van der Waals surface area contributed by atoms with Crippen LogP contribution in [0.25, 0.3) is 0 Å². The zero-order chi connectivity index (χ0) is 12.4. The van der Waals surface area contributed by atoms with E-state index in [-0.39, 0.29) is 5.69 Å². The maximum Gasteiger partial charge on any atom is 0.125 e. The molecule has 1 aromatic heterocycles. The monoisotopic (exact) mass is 289 g/mol. The van der Waals surface area contributed by atoms with Gasteiger partial charge in [0.1, 0.15) is 5.82 Å². The number of hydrogen-bond acceptors (Lipinski definition) is 3. The van der Waals surface area contributed by atoms with Crippen molar-refractivity contribution in [2.24, 2.45) is 0 Å². The summed E-state index contributed by atoms with van der Waals surface area (Å²) in [5.74, 6) is -0.0878. The summed E-state index contributed by atoms with van der Waals surface area (Å²) in [7, 11) is -1.28. The highest BCUT2D eigenvalue weighted by Crippen LogP contribution is 2.26. The Kier molecular flexibility index (Phi) is 3.81. The van der Waals surface area contributed by atoms with E-state index in [2.05, 4.69) is 0 Å². The number of thiophene rings is 1. The fourth-order valence-electron chi connectivity index (χ4n) is 1.36. The highest BCUT2D eigenvalue weighted by Gasteiger charge is 2.11. The molecular weight excluding hydrogens is 281 g/mol. The summed E-state index contributed by atoms with van der Waals surface area (Å²) in [6.45, 7) is 0. The van der Waals surface area contributed by atoms with Gasteiger partial charge in [0.25, 0.3) is 0 Å². The number of halogens is 2. The number of nitrogen functional groups attached to an aromatic ring is 1. The van der Waals surface area contributed by atoms with Crippen molar-refractivity contribution in [2.45, 2.75) is 10.6 Å². The van der Waals surface area contributed by atoms with Crippen LogP contribution < -0.4 is 5.73 Å². The van der Waals surface area contributed by atoms with Crippen molar-refractivity contribution in [1.29, 1.82) is 0 Å². The van der Waals surface area contributed by atoms with E-state index >= 15 is 0 Å². The molecule has 0 saturated heterocycles. The van der Waals surface area contributed by atoms with Crippen molar-refractivity contribution in [1.82, 2.24) is 0 Å². The molecule has 1 unspecified atom stereocenters. The second kappa shape index (κ2) is 5.16. The molecule has 1 atom stereocenters. The fraction of sp³-hybridized carbons (Fsp3) is 0.0909. The zero-order valence-electron chi connectivity index (χ0n) is 8.65. The van der Waals surface area contributed by atoms with Gasteiger partial charge in [-0.3, -0.25) is 4.21 Å². The first kappa shape index (κ1) is 12.5. The summed E-state index contributed by atoms with van der Waals surface area (Å²) in [6.07, 6.45) is 0. The average molecular weight is 290 g/mol. The van der Waals surface area contributed by atoms with Crippen LogP contribution in [0.4, 0.5) is 10.1 Å². The van der Waals surface area contributed by atoms with Crippen LogP contribution >= 0.6 is 22.9 Å². The minimum absolute atomic E-state index is 0.214. The molecule has 2 nitrogen and oxygen atoms in total. The van der Waals surface area contributed by atoms with Gasteiger partial charge in [0.2, 0.25) is 0 Å². The Balaban J connectivity index is 2.20. The lowest BCUT2D eigenvalue weighted by molar-refractivity contribution is 0.627. The number of nitrogens with two attached hydrogens (primary N) is 1. The number of hydrogen-bond donors (Lipinski definition) is 1. The summed E-state index contributed by atoms with van der Waals surface area (Å²) in [5, 5.41) is 0. The maximum atomic E-state index is 12.8. The van der Waals surface area contributed by atoms with E-state index in [0.717, 1.165) is 4.88 Å². The SMILES string of the molecule is Nc1cc(F)ccc1S(=O)Cc1ccc(Cl)s1. The average Bonchev–Trinajstić information content (AvgIpc) is 2.63. The van der Waals surface area contributed by atoms with Crippen molar-refractivity contribution < 1.29 is 8.60 Å². The lowest BCUT2D eigenvalue weighted by Crippen LogP contribution is -2.00. The van der Waals surface area contributed by atoms with Crippen LogP contribution in [0.2, 0.25) is 4.34 Å². The molecule has 0 aliphatic carbocycles. The molecule has 2 aromatic rings. The van der Waals surface area contributed by atoms with Gasteiger partial charge in [-0.05, 0) is 30.3 Å². The van der Waals surface area contributed by atoms with Crippen molar-refractivity contribution in [2.75, 3.05) is 5.73 Å². The van der Waals surface area contributed by atoms with E-state index in [1.807, 2.05) is 6.07 Å². The smallest absolute Gasteiger partial charge is 0.125 e. The minimum atomic E-state index is -1.28. The molecular formula is C11H9ClFNOS2. The van der Waals surface area contributed by atoms with Gasteiger partial charge in [0.15, 0.2) is 0 Å². The molecule has 0 aliphatic rings. The quantitative estimate of drug-likeness (QED) is 0.880. The molecule has 0 aliphatic heterocycles. The summed E-state index contributed by atoms with van der Waals surface area (Å²) in [5.41, 5.74) is 5.84. The third kappa shape index (κ3) is 3.06. The van der Waals surface area contributed by atoms with Crippen LogP contribution in [0.1, 0.15) is 4.88 Å². The Morgan fingerprint density at radius 1 is 1.35 bits per heavy atom. The first-order valence-corrected chi connectivity index (χ1v) is 7.25. The molecule has 2 N–H and O–H groups in total. The van der Waals surface area contributed by atoms with Crippen molar-refractivity contribution >= 4 is 39.4 Å². The van der Waals surface area contributed by atoms with Gasteiger partial charge in [0.05, 0.1) is 31.5 Å². The second-order valence-corrected chi connectivity index (χ2v) is 6.60. The predicted molar refractivity (Wildman–Crippen MR) is 70.3 cm³/mol. The molecule has 0 bridgehead atoms. The van der Waals surface area contributed by atoms with Crippen LogP contribution in [-0.2, 0) is 16.6 Å². The largest absolute Gasteiger partial charge is 0.398 e. The summed E-state index contributed by atoms with van der Waals surface area (Å²) >= 11 is 7.16. The summed E-state index contributed by atoms with van der Waals surface area (Å²) in [6, 6.07) is 7.47. The van der Waals surface area contributed by atoms with E-state index in [4.69, 9.17) is 17.3 Å². The van der Waals surface area contributed by atoms with Crippen molar-refractivity contribution in [3.63, 3.8) is 0 Å². The van der Waals surface area contributed by atoms with E-state index in [1.165, 1.54) is 29.5 Å². The Morgan fingerprint density at radius 3 is 2.71 bits per heavy atom. The van der Waals surface area contributed by atoms with Gasteiger partial charge >= 0.3 is 0 Å². The minimum Gasteiger partial charge on any atom is -0.398 e. The molecule has 1 aromatic carbocycles. The lowest BCUT2D eigenvalue weighted by Gasteiger charge is -2.04. The first-order valence-electron chi connectivity index (χ1n) is 4.74. The van der Waals surface area contributed by atoms with E-state index in [9.17, 15) is 8.60 Å². The number of rotatable bonds is 3. The van der Waals surface area contributed by atoms with Crippen molar-refractivity contribution in [3.05, 3.63) is 45.4 Å². The van der Waals surface area contributed by atoms with Crippen LogP contribution in [0.15, 0.2) is 35.2 Å². The van der Waals surface area contributed by atoms with Gasteiger partial charge in [-0.25, -0.2) is 4.39 Å². The Morgan fingerprint density at radius 2 is 2.12 bits per heavy atom. The van der Waals surface area contributed by atoms with Gasteiger partial charge in [-0.15, -0.1) is 11.3 Å². The molecule has 1 heterocycles. The molecule has 0 amide bonds. The number of anilines is 1. The third-order valence-corrected chi connectivity index (χ3v) is 4.97. The molecule has 6 heteroatoms. The Bertz CT molecular complexity index is 570. The van der Waals surface area contributed by atoms with Crippen LogP contribution in [0, 0.1) is 5.82 Å². The van der Waals surface area contributed by atoms with Crippen molar-refractivity contribution in [3.8, 4) is 0 Å². The van der Waals surface area contributed by atoms with Gasteiger partial charge in [0, 0.05) is 4.88 Å². The van der Waals surface area contributed by atoms with E-state index < -0.39 is 16.6 Å². The van der Waals surface area contributed by atoms with Crippen LogP contribution in [0.5, 0.6) is 0 Å². The summed E-state index contributed by atoms with van der Waals surface area (Å²) < 4.78 is 25.5. The zero-order valence-corrected chi connectivity index (χ0v) is 11.0. The topological polar surface area (TPSA) is 43.1 Å². The van der Waals surface area contributed by atoms with Gasteiger partial charge in [-0.2, -0.15) is 0 Å². The molecule has 0 radical (unpaired) electrons. The highest BCUT2D eigenvalue weighted by atomic mass is 35.5. The highest BCUT2D eigenvalue weighted by molar-refractivity contribution is 7.84. The normalized spacial score (nSPS) is 12.6. The Hall–Kier alpha value is -0.910. The van der Waals surface area contributed by atoms with Crippen LogP contribution in [-0.4, -0.2) is 4.21 Å². The maximum absolute atomic E-state index is 12.8. The van der Waals surface area contributed by atoms with Gasteiger partial charge < -0.3 is 5.73 Å². The molecule has 0 spiro atoms. The van der Waals surface area contributed by atoms with Gasteiger partial charge in [-0.1, -0.05) is 11.6 Å². The molecule has 0 saturated carbocycles. The second-order valence-electron chi connectivity index (χ2n) is 3.38. The fourth-order valence-corrected chi connectivity index (χ4v) is 3.85. The molecule has 17 heavy (non-hydrogen) atoms. The Labute approximate surface area is 110 Å². The number of benzene rings is 1. The van der Waals surface area contributed by atoms with E-state index in [1.54, 1.807) is 6.07 Å². The first-order chi connectivity index (χ1) is 8.06. The van der Waals surface area contributed by atoms with E-state index in [0.29, 0.717) is 15.0 Å². The lowest BCUT2D eigenvalue weighted by atomic mass is 10.3. The van der Waals surface area contributed by atoms with Crippen LogP contribution in [0.3, 0.4) is 0 Å². The standard InChI is InChI=1S/C11H9ClFNOS2/c12-11-4-2-8(16-11)6-17(15)10-3-1-7(13)5-9(10)14/h1-5H,6,14H2. The predicted octanol–water partition coefficient (Wildman–Crippen LogP) is 3.43. The summed E-state index contributed by atoms with van der Waals surface area (Å²) in [4.78, 5) is 1.37. The molecule has 0 fully saturated rings. The molecule has 2 rings (SSSR count).